The van der Waals surface area contributed by atoms with Crippen LogP contribution in [0.25, 0.3) is 0 Å². The number of halogens is 1. The van der Waals surface area contributed by atoms with Gasteiger partial charge in [-0.15, -0.1) is 0 Å². The van der Waals surface area contributed by atoms with Crippen molar-refractivity contribution in [3.8, 4) is 6.07 Å². The summed E-state index contributed by atoms with van der Waals surface area (Å²) in [5, 5.41) is 12.3. The first-order valence-electron chi connectivity index (χ1n) is 6.77. The number of hydrogen-bond donors (Lipinski definition) is 1. The monoisotopic (exact) mass is 321 g/mol. The van der Waals surface area contributed by atoms with Gasteiger partial charge in [-0.2, -0.15) is 5.26 Å². The molecule has 1 aliphatic heterocycles. The SMILES string of the molecule is CC(C)N1CCC(CNc2ccc(C#N)cc2Br)C1. The van der Waals surface area contributed by atoms with Crippen LogP contribution in [0.5, 0.6) is 0 Å². The normalized spacial score (nSPS) is 19.6. The van der Waals surface area contributed by atoms with Gasteiger partial charge in [0.25, 0.3) is 0 Å². The van der Waals surface area contributed by atoms with Crippen LogP contribution in [-0.2, 0) is 0 Å². The van der Waals surface area contributed by atoms with Crippen molar-refractivity contribution in [3.63, 3.8) is 0 Å². The third kappa shape index (κ3) is 3.71. The fraction of sp³-hybridized carbons (Fsp3) is 0.533. The molecule has 1 heterocycles. The van der Waals surface area contributed by atoms with Crippen LogP contribution in [0.15, 0.2) is 22.7 Å². The summed E-state index contributed by atoms with van der Waals surface area (Å²) in [6.45, 7) is 7.89. The molecule has 0 amide bonds. The molecule has 0 radical (unpaired) electrons. The molecule has 0 saturated carbocycles. The van der Waals surface area contributed by atoms with Crippen LogP contribution in [0.2, 0.25) is 0 Å². The minimum absolute atomic E-state index is 0.645. The Morgan fingerprint density at radius 3 is 2.89 bits per heavy atom. The van der Waals surface area contributed by atoms with Gasteiger partial charge in [0.2, 0.25) is 0 Å². The average molecular weight is 322 g/mol. The maximum absolute atomic E-state index is 8.84. The summed E-state index contributed by atoms with van der Waals surface area (Å²) in [6, 6.07) is 8.47. The van der Waals surface area contributed by atoms with Gasteiger partial charge in [0.05, 0.1) is 11.6 Å². The molecule has 4 heteroatoms. The lowest BCUT2D eigenvalue weighted by molar-refractivity contribution is 0.266. The molecule has 102 valence electrons. The maximum Gasteiger partial charge on any atom is 0.0992 e. The van der Waals surface area contributed by atoms with E-state index >= 15 is 0 Å². The van der Waals surface area contributed by atoms with Crippen molar-refractivity contribution in [1.82, 2.24) is 4.90 Å². The second-order valence-electron chi connectivity index (χ2n) is 5.43. The van der Waals surface area contributed by atoms with Crippen LogP contribution in [0.4, 0.5) is 5.69 Å². The van der Waals surface area contributed by atoms with Gasteiger partial charge in [0, 0.05) is 29.3 Å². The van der Waals surface area contributed by atoms with E-state index in [4.69, 9.17) is 5.26 Å². The molecule has 19 heavy (non-hydrogen) atoms. The first-order valence-corrected chi connectivity index (χ1v) is 7.57. The third-order valence-electron chi connectivity index (χ3n) is 3.73. The summed E-state index contributed by atoms with van der Waals surface area (Å²) in [5.41, 5.74) is 1.76. The summed E-state index contributed by atoms with van der Waals surface area (Å²) in [5.74, 6) is 0.713. The van der Waals surface area contributed by atoms with Crippen molar-refractivity contribution in [3.05, 3.63) is 28.2 Å². The van der Waals surface area contributed by atoms with Gasteiger partial charge in [-0.3, -0.25) is 0 Å². The summed E-state index contributed by atoms with van der Waals surface area (Å²) in [7, 11) is 0. The molecule has 0 aromatic heterocycles. The number of rotatable bonds is 4. The van der Waals surface area contributed by atoms with Crippen LogP contribution < -0.4 is 5.32 Å². The van der Waals surface area contributed by atoms with E-state index in [1.807, 2.05) is 18.2 Å². The number of likely N-dealkylation sites (tertiary alicyclic amines) is 1. The standard InChI is InChI=1S/C15H20BrN3/c1-11(2)19-6-5-13(10-19)9-18-15-4-3-12(8-17)7-14(15)16/h3-4,7,11,13,18H,5-6,9-10H2,1-2H3. The van der Waals surface area contributed by atoms with Gasteiger partial charge in [0.1, 0.15) is 0 Å². The number of benzene rings is 1. The topological polar surface area (TPSA) is 39.1 Å². The van der Waals surface area contributed by atoms with Gasteiger partial charge >= 0.3 is 0 Å². The van der Waals surface area contributed by atoms with Gasteiger partial charge < -0.3 is 10.2 Å². The molecule has 1 N–H and O–H groups in total. The minimum Gasteiger partial charge on any atom is -0.384 e. The molecule has 1 aromatic rings. The average Bonchev–Trinajstić information content (AvgIpc) is 2.86. The molecular formula is C15H20BrN3. The van der Waals surface area contributed by atoms with E-state index < -0.39 is 0 Å². The second kappa shape index (κ2) is 6.40. The third-order valence-corrected chi connectivity index (χ3v) is 4.38. The van der Waals surface area contributed by atoms with Crippen molar-refractivity contribution in [1.29, 1.82) is 5.26 Å². The number of anilines is 1. The quantitative estimate of drug-likeness (QED) is 0.923. The minimum atomic E-state index is 0.645. The lowest BCUT2D eigenvalue weighted by Crippen LogP contribution is -2.29. The highest BCUT2D eigenvalue weighted by Crippen LogP contribution is 2.25. The van der Waals surface area contributed by atoms with E-state index in [0.29, 0.717) is 17.5 Å². The molecule has 2 rings (SSSR count). The van der Waals surface area contributed by atoms with E-state index in [1.54, 1.807) is 0 Å². The Labute approximate surface area is 123 Å². The van der Waals surface area contributed by atoms with Crippen LogP contribution in [0.1, 0.15) is 25.8 Å². The molecule has 1 atom stereocenters. The number of nitriles is 1. The number of hydrogen-bond acceptors (Lipinski definition) is 3. The van der Waals surface area contributed by atoms with Gasteiger partial charge in [0.15, 0.2) is 0 Å². The molecule has 1 saturated heterocycles. The zero-order valence-electron chi connectivity index (χ0n) is 11.5. The first-order chi connectivity index (χ1) is 9.10. The van der Waals surface area contributed by atoms with E-state index in [-0.39, 0.29) is 0 Å². The predicted octanol–water partition coefficient (Wildman–Crippen LogP) is 3.46. The zero-order valence-corrected chi connectivity index (χ0v) is 13.1. The Morgan fingerprint density at radius 1 is 1.53 bits per heavy atom. The molecule has 0 spiro atoms. The highest BCUT2D eigenvalue weighted by atomic mass is 79.9. The number of nitrogens with one attached hydrogen (secondary N) is 1. The van der Waals surface area contributed by atoms with Crippen LogP contribution in [-0.4, -0.2) is 30.6 Å². The van der Waals surface area contributed by atoms with Gasteiger partial charge in [-0.05, 0) is 66.9 Å². The van der Waals surface area contributed by atoms with Crippen molar-refractivity contribution in [2.45, 2.75) is 26.3 Å². The largest absolute Gasteiger partial charge is 0.384 e. The smallest absolute Gasteiger partial charge is 0.0992 e. The second-order valence-corrected chi connectivity index (χ2v) is 6.29. The molecule has 1 unspecified atom stereocenters. The highest BCUT2D eigenvalue weighted by Gasteiger charge is 2.23. The molecule has 0 aliphatic carbocycles. The van der Waals surface area contributed by atoms with E-state index in [9.17, 15) is 0 Å². The van der Waals surface area contributed by atoms with Gasteiger partial charge in [-0.25, -0.2) is 0 Å². The lowest BCUT2D eigenvalue weighted by Gasteiger charge is -2.20. The molecule has 3 nitrogen and oxygen atoms in total. The molecule has 0 bridgehead atoms. The summed E-state index contributed by atoms with van der Waals surface area (Å²) in [4.78, 5) is 2.53. The Hall–Kier alpha value is -1.05. The van der Waals surface area contributed by atoms with E-state index in [0.717, 1.165) is 16.7 Å². The van der Waals surface area contributed by atoms with Crippen LogP contribution in [0.3, 0.4) is 0 Å². The predicted molar refractivity (Wildman–Crippen MR) is 82.2 cm³/mol. The van der Waals surface area contributed by atoms with Crippen molar-refractivity contribution in [2.24, 2.45) is 5.92 Å². The molecular weight excluding hydrogens is 302 g/mol. The summed E-state index contributed by atoms with van der Waals surface area (Å²) in [6.07, 6.45) is 1.26. The summed E-state index contributed by atoms with van der Waals surface area (Å²) >= 11 is 3.51. The Kier molecular flexibility index (Phi) is 4.84. The molecule has 1 aromatic carbocycles. The number of nitrogens with zero attached hydrogens (tertiary/aromatic N) is 2. The molecule has 1 fully saturated rings. The van der Waals surface area contributed by atoms with E-state index in [1.165, 1.54) is 19.5 Å². The highest BCUT2D eigenvalue weighted by molar-refractivity contribution is 9.10. The molecule has 1 aliphatic rings. The fourth-order valence-corrected chi connectivity index (χ4v) is 3.00. The van der Waals surface area contributed by atoms with Crippen LogP contribution in [0, 0.1) is 17.2 Å². The first kappa shape index (κ1) is 14.4. The maximum atomic E-state index is 8.84. The van der Waals surface area contributed by atoms with Crippen molar-refractivity contribution < 1.29 is 0 Å². The van der Waals surface area contributed by atoms with Gasteiger partial charge in [-0.1, -0.05) is 0 Å². The fourth-order valence-electron chi connectivity index (χ4n) is 2.48. The summed E-state index contributed by atoms with van der Waals surface area (Å²) < 4.78 is 0.963. The zero-order chi connectivity index (χ0) is 13.8. The Balaban J connectivity index is 1.88. The Bertz CT molecular complexity index is 479. The van der Waals surface area contributed by atoms with E-state index in [2.05, 4.69) is 46.1 Å². The van der Waals surface area contributed by atoms with Crippen LogP contribution >= 0.6 is 15.9 Å². The Morgan fingerprint density at radius 2 is 2.32 bits per heavy atom. The van der Waals surface area contributed by atoms with Crippen molar-refractivity contribution in [2.75, 3.05) is 25.0 Å². The van der Waals surface area contributed by atoms with Crippen molar-refractivity contribution >= 4 is 21.6 Å². The lowest BCUT2D eigenvalue weighted by atomic mass is 10.1.